The van der Waals surface area contributed by atoms with Crippen LogP contribution in [-0.2, 0) is 7.05 Å². The molecule has 1 amide bonds. The first kappa shape index (κ1) is 12.4. The molecule has 1 aromatic rings. The predicted molar refractivity (Wildman–Crippen MR) is 65.2 cm³/mol. The van der Waals surface area contributed by atoms with Gasteiger partial charge in [0.25, 0.3) is 5.91 Å². The molecule has 0 spiro atoms. The fourth-order valence-corrected chi connectivity index (χ4v) is 2.40. The molecule has 0 bridgehead atoms. The van der Waals surface area contributed by atoms with Crippen molar-refractivity contribution in [2.45, 2.75) is 25.3 Å². The van der Waals surface area contributed by atoms with Gasteiger partial charge in [0, 0.05) is 25.2 Å². The van der Waals surface area contributed by atoms with Gasteiger partial charge in [0.2, 0.25) is 0 Å². The van der Waals surface area contributed by atoms with E-state index in [0.717, 1.165) is 19.3 Å². The van der Waals surface area contributed by atoms with Gasteiger partial charge in [-0.1, -0.05) is 11.6 Å². The van der Waals surface area contributed by atoms with Crippen molar-refractivity contribution in [3.8, 4) is 0 Å². The summed E-state index contributed by atoms with van der Waals surface area (Å²) in [5.41, 5.74) is 6.12. The van der Waals surface area contributed by atoms with Crippen LogP contribution in [0.4, 0.5) is 0 Å². The topological polar surface area (TPSA) is 106 Å². The molecule has 0 saturated heterocycles. The lowest BCUT2D eigenvalue weighted by molar-refractivity contribution is 0.0923. The molecule has 7 heteroatoms. The maximum Gasteiger partial charge on any atom is 0.269 e. The third-order valence-electron chi connectivity index (χ3n) is 3.38. The number of aryl methyl sites for hydroxylation is 1. The summed E-state index contributed by atoms with van der Waals surface area (Å²) in [5.74, 6) is -0.0902. The summed E-state index contributed by atoms with van der Waals surface area (Å²) in [6, 6.07) is 1.58. The molecule has 1 aliphatic rings. The van der Waals surface area contributed by atoms with Crippen molar-refractivity contribution < 1.29 is 10.0 Å². The predicted octanol–water partition coefficient (Wildman–Crippen LogP) is 0.0650. The van der Waals surface area contributed by atoms with Gasteiger partial charge in [-0.2, -0.15) is 5.10 Å². The zero-order valence-corrected chi connectivity index (χ0v) is 10.2. The summed E-state index contributed by atoms with van der Waals surface area (Å²) in [6.45, 7) is 0. The monoisotopic (exact) mass is 251 g/mol. The highest BCUT2D eigenvalue weighted by atomic mass is 16.4. The van der Waals surface area contributed by atoms with E-state index in [1.54, 1.807) is 19.3 Å². The number of hydrogen-bond acceptors (Lipinski definition) is 4. The number of amides is 1. The summed E-state index contributed by atoms with van der Waals surface area (Å²) in [5, 5.41) is 18.6. The van der Waals surface area contributed by atoms with E-state index in [1.165, 1.54) is 4.68 Å². The fourth-order valence-electron chi connectivity index (χ4n) is 2.40. The van der Waals surface area contributed by atoms with Gasteiger partial charge in [-0.15, -0.1) is 0 Å². The maximum atomic E-state index is 12.0. The molecule has 18 heavy (non-hydrogen) atoms. The average molecular weight is 251 g/mol. The molecule has 0 aliphatic heterocycles. The molecule has 98 valence electrons. The first-order valence-corrected chi connectivity index (χ1v) is 5.89. The highest BCUT2D eigenvalue weighted by Gasteiger charge is 2.32. The molecule has 1 fully saturated rings. The van der Waals surface area contributed by atoms with Crippen LogP contribution >= 0.6 is 0 Å². The molecule has 1 heterocycles. The van der Waals surface area contributed by atoms with Gasteiger partial charge in [0.05, 0.1) is 0 Å². The van der Waals surface area contributed by atoms with E-state index in [2.05, 4.69) is 15.6 Å². The number of nitrogens with two attached hydrogens (primary N) is 1. The van der Waals surface area contributed by atoms with Crippen molar-refractivity contribution in [3.05, 3.63) is 18.0 Å². The number of hydrogen-bond donors (Lipinski definition) is 3. The van der Waals surface area contributed by atoms with Gasteiger partial charge >= 0.3 is 0 Å². The van der Waals surface area contributed by atoms with Gasteiger partial charge in [0.15, 0.2) is 0 Å². The Morgan fingerprint density at radius 3 is 3.06 bits per heavy atom. The summed E-state index contributed by atoms with van der Waals surface area (Å²) in [7, 11) is 1.71. The molecular formula is C11H17N5O2. The Bertz CT molecular complexity index is 468. The van der Waals surface area contributed by atoms with Crippen LogP contribution in [0.15, 0.2) is 17.4 Å². The van der Waals surface area contributed by atoms with Crippen molar-refractivity contribution in [1.29, 1.82) is 0 Å². The van der Waals surface area contributed by atoms with E-state index in [4.69, 9.17) is 10.9 Å². The molecule has 2 unspecified atom stereocenters. The second-order valence-corrected chi connectivity index (χ2v) is 4.48. The number of carbonyl (C=O) groups is 1. The Kier molecular flexibility index (Phi) is 3.50. The summed E-state index contributed by atoms with van der Waals surface area (Å²) in [4.78, 5) is 12.0. The first-order valence-electron chi connectivity index (χ1n) is 5.89. The zero-order valence-electron chi connectivity index (χ0n) is 10.2. The molecule has 1 saturated carbocycles. The lowest BCUT2D eigenvalue weighted by Gasteiger charge is -2.19. The normalized spacial score (nSPS) is 24.2. The molecular weight excluding hydrogens is 234 g/mol. The summed E-state index contributed by atoms with van der Waals surface area (Å²) < 4.78 is 1.52. The van der Waals surface area contributed by atoms with Crippen molar-refractivity contribution >= 4 is 11.7 Å². The van der Waals surface area contributed by atoms with Crippen LogP contribution in [-0.4, -0.2) is 32.8 Å². The van der Waals surface area contributed by atoms with Crippen LogP contribution < -0.4 is 11.1 Å². The molecule has 2 rings (SSSR count). The molecule has 0 aromatic carbocycles. The number of aromatic nitrogens is 2. The van der Waals surface area contributed by atoms with Crippen molar-refractivity contribution in [3.63, 3.8) is 0 Å². The number of nitrogens with one attached hydrogen (secondary N) is 1. The Labute approximate surface area is 105 Å². The van der Waals surface area contributed by atoms with Gasteiger partial charge in [-0.05, 0) is 18.9 Å². The third kappa shape index (κ3) is 2.29. The van der Waals surface area contributed by atoms with Crippen LogP contribution in [0.1, 0.15) is 29.8 Å². The zero-order chi connectivity index (χ0) is 13.1. The first-order chi connectivity index (χ1) is 8.63. The van der Waals surface area contributed by atoms with Crippen molar-refractivity contribution in [2.24, 2.45) is 23.9 Å². The molecule has 7 nitrogen and oxygen atoms in total. The number of nitrogens with zero attached hydrogens (tertiary/aromatic N) is 3. The molecule has 2 atom stereocenters. The second-order valence-electron chi connectivity index (χ2n) is 4.48. The largest absolute Gasteiger partial charge is 0.409 e. The minimum absolute atomic E-state index is 0.0803. The smallest absolute Gasteiger partial charge is 0.269 e. The van der Waals surface area contributed by atoms with Crippen LogP contribution in [0.25, 0.3) is 0 Å². The van der Waals surface area contributed by atoms with Crippen molar-refractivity contribution in [2.75, 3.05) is 0 Å². The Morgan fingerprint density at radius 1 is 1.67 bits per heavy atom. The molecule has 1 aromatic heterocycles. The van der Waals surface area contributed by atoms with Crippen LogP contribution in [0.5, 0.6) is 0 Å². The number of carbonyl (C=O) groups excluding carboxylic acids is 1. The van der Waals surface area contributed by atoms with E-state index >= 15 is 0 Å². The Balaban J connectivity index is 2.05. The van der Waals surface area contributed by atoms with Crippen molar-refractivity contribution in [1.82, 2.24) is 15.1 Å². The van der Waals surface area contributed by atoms with Gasteiger partial charge < -0.3 is 16.3 Å². The summed E-state index contributed by atoms with van der Waals surface area (Å²) in [6.07, 6.45) is 4.19. The SMILES string of the molecule is Cn1nccc1C(=O)NC1CCCC1C(N)=NO. The number of amidine groups is 1. The highest BCUT2D eigenvalue weighted by molar-refractivity contribution is 5.93. The number of oxime groups is 1. The average Bonchev–Trinajstić information content (AvgIpc) is 2.97. The standard InChI is InChI=1S/C11H17N5O2/c1-16-9(5-6-13-16)11(17)14-8-4-2-3-7(8)10(12)15-18/h5-8,18H,2-4H2,1H3,(H2,12,15)(H,14,17). The van der Waals surface area contributed by atoms with Gasteiger partial charge in [-0.3, -0.25) is 9.48 Å². The highest BCUT2D eigenvalue weighted by Crippen LogP contribution is 2.26. The van der Waals surface area contributed by atoms with E-state index in [-0.39, 0.29) is 23.7 Å². The fraction of sp³-hybridized carbons (Fsp3) is 0.545. The maximum absolute atomic E-state index is 12.0. The quantitative estimate of drug-likeness (QED) is 0.306. The van der Waals surface area contributed by atoms with Crippen LogP contribution in [0, 0.1) is 5.92 Å². The second kappa shape index (κ2) is 5.07. The van der Waals surface area contributed by atoms with Gasteiger partial charge in [0.1, 0.15) is 11.5 Å². The van der Waals surface area contributed by atoms with Gasteiger partial charge in [-0.25, -0.2) is 0 Å². The van der Waals surface area contributed by atoms with Crippen LogP contribution in [0.2, 0.25) is 0 Å². The Hall–Kier alpha value is -2.05. The number of rotatable bonds is 3. The lowest BCUT2D eigenvalue weighted by atomic mass is 10.0. The lowest BCUT2D eigenvalue weighted by Crippen LogP contribution is -2.42. The minimum atomic E-state index is -0.183. The minimum Gasteiger partial charge on any atom is -0.409 e. The van der Waals surface area contributed by atoms with E-state index in [9.17, 15) is 4.79 Å². The molecule has 1 aliphatic carbocycles. The van der Waals surface area contributed by atoms with Crippen LogP contribution in [0.3, 0.4) is 0 Å². The molecule has 0 radical (unpaired) electrons. The van der Waals surface area contributed by atoms with E-state index < -0.39 is 0 Å². The Morgan fingerprint density at radius 2 is 2.44 bits per heavy atom. The van der Waals surface area contributed by atoms with E-state index in [1.807, 2.05) is 0 Å². The third-order valence-corrected chi connectivity index (χ3v) is 3.38. The molecule has 4 N–H and O–H groups in total. The summed E-state index contributed by atoms with van der Waals surface area (Å²) >= 11 is 0. The van der Waals surface area contributed by atoms with E-state index in [0.29, 0.717) is 5.69 Å².